The monoisotopic (exact) mass is 319 g/mol. The van der Waals surface area contributed by atoms with E-state index in [1.807, 2.05) is 48.8 Å². The van der Waals surface area contributed by atoms with E-state index in [1.165, 1.54) is 0 Å². The van der Waals surface area contributed by atoms with Gasteiger partial charge in [0.15, 0.2) is 0 Å². The van der Waals surface area contributed by atoms with Gasteiger partial charge in [-0.25, -0.2) is 4.98 Å². The third kappa shape index (κ3) is 2.86. The summed E-state index contributed by atoms with van der Waals surface area (Å²) in [5.41, 5.74) is 3.83. The number of nitrogens with one attached hydrogen (secondary N) is 2. The molecule has 2 heterocycles. The molecule has 0 radical (unpaired) electrons. The van der Waals surface area contributed by atoms with Gasteiger partial charge in [0.25, 0.3) is 0 Å². The number of carbonyl (C=O) groups excluding carboxylic acids is 1. The molecule has 24 heavy (non-hydrogen) atoms. The standard InChI is InChI=1S/C18H17N5O/c24-18(21-14-7-8-15-13(10-14)11-20-22-15)6-3-9-23-12-19-16-4-1-2-5-17(16)23/h1-2,4-5,7-8,10-12H,3,6,9H2,(H,20,22)(H,21,24). The van der Waals surface area contributed by atoms with E-state index in [4.69, 9.17) is 0 Å². The molecule has 2 aromatic carbocycles. The van der Waals surface area contributed by atoms with Crippen LogP contribution in [0, 0.1) is 0 Å². The number of nitrogens with zero attached hydrogens (tertiary/aromatic N) is 3. The Hall–Kier alpha value is -3.15. The van der Waals surface area contributed by atoms with E-state index in [1.54, 1.807) is 6.20 Å². The van der Waals surface area contributed by atoms with Crippen LogP contribution in [0.2, 0.25) is 0 Å². The van der Waals surface area contributed by atoms with Crippen LogP contribution in [0.5, 0.6) is 0 Å². The fraction of sp³-hybridized carbons (Fsp3) is 0.167. The summed E-state index contributed by atoms with van der Waals surface area (Å²) in [6.07, 6.45) is 4.81. The maximum atomic E-state index is 12.1. The number of aromatic nitrogens is 4. The molecule has 120 valence electrons. The van der Waals surface area contributed by atoms with Crippen molar-refractivity contribution in [2.45, 2.75) is 19.4 Å². The summed E-state index contributed by atoms with van der Waals surface area (Å²) in [5, 5.41) is 10.8. The number of benzene rings is 2. The normalized spacial score (nSPS) is 11.2. The fourth-order valence-corrected chi connectivity index (χ4v) is 2.84. The molecule has 2 N–H and O–H groups in total. The van der Waals surface area contributed by atoms with Crippen molar-refractivity contribution in [2.75, 3.05) is 5.32 Å². The van der Waals surface area contributed by atoms with Gasteiger partial charge in [-0.1, -0.05) is 12.1 Å². The quantitative estimate of drug-likeness (QED) is 0.592. The smallest absolute Gasteiger partial charge is 0.224 e. The van der Waals surface area contributed by atoms with E-state index in [2.05, 4.69) is 25.1 Å². The number of aryl methyl sites for hydroxylation is 1. The number of rotatable bonds is 5. The number of anilines is 1. The highest BCUT2D eigenvalue weighted by molar-refractivity contribution is 5.93. The summed E-state index contributed by atoms with van der Waals surface area (Å²) in [4.78, 5) is 16.5. The van der Waals surface area contributed by atoms with Crippen molar-refractivity contribution in [3.05, 3.63) is 55.0 Å². The van der Waals surface area contributed by atoms with Crippen LogP contribution in [-0.4, -0.2) is 25.7 Å². The van der Waals surface area contributed by atoms with Crippen molar-refractivity contribution < 1.29 is 4.79 Å². The maximum absolute atomic E-state index is 12.1. The highest BCUT2D eigenvalue weighted by atomic mass is 16.1. The van der Waals surface area contributed by atoms with E-state index in [0.29, 0.717) is 6.42 Å². The zero-order chi connectivity index (χ0) is 16.4. The van der Waals surface area contributed by atoms with Crippen molar-refractivity contribution in [1.29, 1.82) is 0 Å². The second kappa shape index (κ2) is 6.16. The third-order valence-electron chi connectivity index (χ3n) is 4.05. The minimum Gasteiger partial charge on any atom is -0.331 e. The van der Waals surface area contributed by atoms with Crippen LogP contribution < -0.4 is 5.32 Å². The molecule has 0 aliphatic carbocycles. The number of amides is 1. The summed E-state index contributed by atoms with van der Waals surface area (Å²) in [6.45, 7) is 0.773. The summed E-state index contributed by atoms with van der Waals surface area (Å²) in [6, 6.07) is 13.7. The second-order valence-corrected chi connectivity index (χ2v) is 5.75. The number of aromatic amines is 1. The predicted molar refractivity (Wildman–Crippen MR) is 93.7 cm³/mol. The molecule has 6 nitrogen and oxygen atoms in total. The number of hydrogen-bond donors (Lipinski definition) is 2. The molecule has 0 aliphatic heterocycles. The van der Waals surface area contributed by atoms with Gasteiger partial charge in [-0.05, 0) is 36.8 Å². The van der Waals surface area contributed by atoms with Crippen LogP contribution in [-0.2, 0) is 11.3 Å². The van der Waals surface area contributed by atoms with E-state index in [9.17, 15) is 4.79 Å². The first-order chi connectivity index (χ1) is 11.8. The Morgan fingerprint density at radius 3 is 3.08 bits per heavy atom. The minimum atomic E-state index is 0.0160. The van der Waals surface area contributed by atoms with Crippen LogP contribution in [0.4, 0.5) is 5.69 Å². The lowest BCUT2D eigenvalue weighted by Crippen LogP contribution is -2.12. The van der Waals surface area contributed by atoms with E-state index in [0.717, 1.165) is 40.6 Å². The van der Waals surface area contributed by atoms with Crippen LogP contribution in [0.1, 0.15) is 12.8 Å². The maximum Gasteiger partial charge on any atom is 0.224 e. The Kier molecular flexibility index (Phi) is 3.70. The van der Waals surface area contributed by atoms with Crippen molar-refractivity contribution in [2.24, 2.45) is 0 Å². The van der Waals surface area contributed by atoms with Gasteiger partial charge in [0, 0.05) is 24.0 Å². The first-order valence-corrected chi connectivity index (χ1v) is 7.92. The van der Waals surface area contributed by atoms with E-state index < -0.39 is 0 Å². The van der Waals surface area contributed by atoms with Crippen LogP contribution >= 0.6 is 0 Å². The van der Waals surface area contributed by atoms with Gasteiger partial charge in [0.2, 0.25) is 5.91 Å². The number of H-pyrrole nitrogens is 1. The highest BCUT2D eigenvalue weighted by Gasteiger charge is 2.06. The van der Waals surface area contributed by atoms with E-state index in [-0.39, 0.29) is 5.91 Å². The Morgan fingerprint density at radius 2 is 2.12 bits per heavy atom. The summed E-state index contributed by atoms with van der Waals surface area (Å²) in [7, 11) is 0. The van der Waals surface area contributed by atoms with Gasteiger partial charge in [0.05, 0.1) is 29.1 Å². The molecule has 0 saturated carbocycles. The molecular formula is C18H17N5O. The molecule has 1 amide bonds. The Labute approximate surface area is 138 Å². The van der Waals surface area contributed by atoms with E-state index >= 15 is 0 Å². The number of para-hydroxylation sites is 2. The molecule has 0 spiro atoms. The molecule has 0 aliphatic rings. The van der Waals surface area contributed by atoms with Gasteiger partial charge in [-0.2, -0.15) is 5.10 Å². The molecular weight excluding hydrogens is 302 g/mol. The van der Waals surface area contributed by atoms with Crippen molar-refractivity contribution in [3.63, 3.8) is 0 Å². The van der Waals surface area contributed by atoms with Crippen molar-refractivity contribution >= 4 is 33.5 Å². The first-order valence-electron chi connectivity index (χ1n) is 7.92. The van der Waals surface area contributed by atoms with Gasteiger partial charge in [0.1, 0.15) is 0 Å². The molecule has 4 aromatic rings. The summed E-state index contributed by atoms with van der Waals surface area (Å²) in [5.74, 6) is 0.0160. The Morgan fingerprint density at radius 1 is 1.21 bits per heavy atom. The van der Waals surface area contributed by atoms with Crippen LogP contribution in [0.25, 0.3) is 21.9 Å². The second-order valence-electron chi connectivity index (χ2n) is 5.75. The number of hydrogen-bond acceptors (Lipinski definition) is 3. The largest absolute Gasteiger partial charge is 0.331 e. The lowest BCUT2D eigenvalue weighted by Gasteiger charge is -2.06. The Bertz CT molecular complexity index is 1000. The number of imidazole rings is 1. The number of fused-ring (bicyclic) bond motifs is 2. The first kappa shape index (κ1) is 14.4. The molecule has 0 fully saturated rings. The average molecular weight is 319 g/mol. The lowest BCUT2D eigenvalue weighted by atomic mass is 10.2. The third-order valence-corrected chi connectivity index (χ3v) is 4.05. The fourth-order valence-electron chi connectivity index (χ4n) is 2.84. The average Bonchev–Trinajstić information content (AvgIpc) is 3.21. The van der Waals surface area contributed by atoms with Gasteiger partial charge in [-0.15, -0.1) is 0 Å². The summed E-state index contributed by atoms with van der Waals surface area (Å²) < 4.78 is 2.08. The minimum absolute atomic E-state index is 0.0160. The van der Waals surface area contributed by atoms with Gasteiger partial charge in [-0.3, -0.25) is 9.89 Å². The Balaban J connectivity index is 1.34. The topological polar surface area (TPSA) is 75.6 Å². The molecule has 4 rings (SSSR count). The SMILES string of the molecule is O=C(CCCn1cnc2ccccc21)Nc1ccc2[nH]ncc2c1. The molecule has 6 heteroatoms. The number of carbonyl (C=O) groups is 1. The zero-order valence-corrected chi connectivity index (χ0v) is 13.1. The molecule has 0 bridgehead atoms. The molecule has 0 saturated heterocycles. The highest BCUT2D eigenvalue weighted by Crippen LogP contribution is 2.17. The van der Waals surface area contributed by atoms with Gasteiger partial charge >= 0.3 is 0 Å². The zero-order valence-electron chi connectivity index (χ0n) is 13.1. The van der Waals surface area contributed by atoms with Crippen LogP contribution in [0.15, 0.2) is 55.0 Å². The van der Waals surface area contributed by atoms with Gasteiger partial charge < -0.3 is 9.88 Å². The molecule has 0 atom stereocenters. The predicted octanol–water partition coefficient (Wildman–Crippen LogP) is 3.33. The van der Waals surface area contributed by atoms with Crippen LogP contribution in [0.3, 0.4) is 0 Å². The van der Waals surface area contributed by atoms with Crippen molar-refractivity contribution in [1.82, 2.24) is 19.7 Å². The lowest BCUT2D eigenvalue weighted by molar-refractivity contribution is -0.116. The van der Waals surface area contributed by atoms with Crippen molar-refractivity contribution in [3.8, 4) is 0 Å². The molecule has 0 unspecified atom stereocenters. The molecule has 2 aromatic heterocycles. The summed E-state index contributed by atoms with van der Waals surface area (Å²) >= 11 is 0.